The molecular weight excluding hydrogens is 306 g/mol. The fourth-order valence-corrected chi connectivity index (χ4v) is 3.20. The van der Waals surface area contributed by atoms with Crippen molar-refractivity contribution >= 4 is 18.3 Å². The van der Waals surface area contributed by atoms with E-state index >= 15 is 0 Å². The number of rotatable bonds is 3. The van der Waals surface area contributed by atoms with Crippen molar-refractivity contribution in [2.24, 2.45) is 5.92 Å². The molecule has 130 valence electrons. The summed E-state index contributed by atoms with van der Waals surface area (Å²) < 4.78 is 0. The minimum atomic E-state index is 0.000164. The van der Waals surface area contributed by atoms with Crippen LogP contribution in [0.5, 0.6) is 0 Å². The number of likely N-dealkylation sites (tertiary alicyclic amines) is 1. The predicted octanol–water partition coefficient (Wildman–Crippen LogP) is 0.936. The van der Waals surface area contributed by atoms with Crippen molar-refractivity contribution in [2.75, 3.05) is 44.2 Å². The summed E-state index contributed by atoms with van der Waals surface area (Å²) in [6.45, 7) is 8.43. The molecule has 3 heterocycles. The molecule has 3 rings (SSSR count). The van der Waals surface area contributed by atoms with Crippen LogP contribution < -0.4 is 4.90 Å². The molecule has 0 N–H and O–H groups in total. The number of aryl methyl sites for hydroxylation is 1. The Kier molecular flexibility index (Phi) is 4.97. The summed E-state index contributed by atoms with van der Waals surface area (Å²) in [6.07, 6.45) is 2.98. The highest BCUT2D eigenvalue weighted by Crippen LogP contribution is 2.19. The standard InChI is InChI=1S/C17H25N5O2/c1-13-3-5-21(6-4-13)16(24)15-11-14(2)18-17(19-15)22-9-7-20(12-23)8-10-22/h11-13H,3-10H2,1-2H3. The second kappa shape index (κ2) is 7.15. The van der Waals surface area contributed by atoms with E-state index in [1.807, 2.05) is 16.7 Å². The van der Waals surface area contributed by atoms with E-state index in [2.05, 4.69) is 16.9 Å². The number of anilines is 1. The van der Waals surface area contributed by atoms with E-state index in [1.54, 1.807) is 11.0 Å². The third-order valence-electron chi connectivity index (χ3n) is 4.88. The van der Waals surface area contributed by atoms with Gasteiger partial charge in [-0.3, -0.25) is 9.59 Å². The zero-order chi connectivity index (χ0) is 17.1. The van der Waals surface area contributed by atoms with Gasteiger partial charge in [0, 0.05) is 45.0 Å². The van der Waals surface area contributed by atoms with Gasteiger partial charge in [-0.05, 0) is 31.7 Å². The summed E-state index contributed by atoms with van der Waals surface area (Å²) in [6, 6.07) is 1.77. The van der Waals surface area contributed by atoms with E-state index < -0.39 is 0 Å². The number of carbonyl (C=O) groups is 2. The number of amides is 2. The van der Waals surface area contributed by atoms with Crippen molar-refractivity contribution in [1.82, 2.24) is 19.8 Å². The predicted molar refractivity (Wildman–Crippen MR) is 90.9 cm³/mol. The lowest BCUT2D eigenvalue weighted by Gasteiger charge is -2.33. The Hall–Kier alpha value is -2.18. The number of piperazine rings is 1. The molecule has 0 spiro atoms. The normalized spacial score (nSPS) is 19.5. The van der Waals surface area contributed by atoms with Crippen LogP contribution in [0.4, 0.5) is 5.95 Å². The van der Waals surface area contributed by atoms with Crippen LogP contribution in [0.25, 0.3) is 0 Å². The van der Waals surface area contributed by atoms with Crippen LogP contribution >= 0.6 is 0 Å². The van der Waals surface area contributed by atoms with Gasteiger partial charge in [-0.15, -0.1) is 0 Å². The van der Waals surface area contributed by atoms with E-state index in [0.29, 0.717) is 43.7 Å². The zero-order valence-corrected chi connectivity index (χ0v) is 14.4. The smallest absolute Gasteiger partial charge is 0.272 e. The number of piperidine rings is 1. The van der Waals surface area contributed by atoms with E-state index in [1.165, 1.54) is 0 Å². The van der Waals surface area contributed by atoms with Gasteiger partial charge in [-0.25, -0.2) is 9.97 Å². The third-order valence-corrected chi connectivity index (χ3v) is 4.88. The summed E-state index contributed by atoms with van der Waals surface area (Å²) in [5.74, 6) is 1.28. The maximum absolute atomic E-state index is 12.8. The molecule has 24 heavy (non-hydrogen) atoms. The fourth-order valence-electron chi connectivity index (χ4n) is 3.20. The molecule has 0 aromatic carbocycles. The first kappa shape index (κ1) is 16.7. The number of carbonyl (C=O) groups excluding carboxylic acids is 2. The molecule has 2 aliphatic heterocycles. The summed E-state index contributed by atoms with van der Waals surface area (Å²) >= 11 is 0. The highest BCUT2D eigenvalue weighted by molar-refractivity contribution is 5.92. The third kappa shape index (κ3) is 3.66. The molecule has 7 heteroatoms. The first-order valence-electron chi connectivity index (χ1n) is 8.66. The number of hydrogen-bond donors (Lipinski definition) is 0. The quantitative estimate of drug-likeness (QED) is 0.771. The Bertz CT molecular complexity index is 605. The molecule has 2 fully saturated rings. The summed E-state index contributed by atoms with van der Waals surface area (Å²) in [4.78, 5) is 38.3. The van der Waals surface area contributed by atoms with E-state index in [0.717, 1.165) is 38.0 Å². The van der Waals surface area contributed by atoms with Gasteiger partial charge >= 0.3 is 0 Å². The average Bonchev–Trinajstić information content (AvgIpc) is 2.61. The van der Waals surface area contributed by atoms with E-state index in [-0.39, 0.29) is 5.91 Å². The summed E-state index contributed by atoms with van der Waals surface area (Å²) in [7, 11) is 0. The lowest BCUT2D eigenvalue weighted by atomic mass is 9.99. The lowest BCUT2D eigenvalue weighted by Crippen LogP contribution is -2.46. The van der Waals surface area contributed by atoms with Crippen molar-refractivity contribution in [3.05, 3.63) is 17.5 Å². The molecule has 2 saturated heterocycles. The Morgan fingerprint density at radius 1 is 1.12 bits per heavy atom. The molecule has 7 nitrogen and oxygen atoms in total. The number of hydrogen-bond acceptors (Lipinski definition) is 5. The van der Waals surface area contributed by atoms with Gasteiger partial charge in [0.05, 0.1) is 0 Å². The molecule has 0 unspecified atom stereocenters. The molecule has 0 atom stereocenters. The minimum Gasteiger partial charge on any atom is -0.342 e. The molecule has 2 amide bonds. The van der Waals surface area contributed by atoms with Crippen LogP contribution in [-0.4, -0.2) is 71.4 Å². The molecule has 1 aromatic rings. The van der Waals surface area contributed by atoms with Crippen molar-refractivity contribution < 1.29 is 9.59 Å². The van der Waals surface area contributed by atoms with Crippen LogP contribution in [0, 0.1) is 12.8 Å². The molecule has 0 bridgehead atoms. The second-order valence-electron chi connectivity index (χ2n) is 6.80. The van der Waals surface area contributed by atoms with E-state index in [9.17, 15) is 9.59 Å². The molecule has 0 radical (unpaired) electrons. The molecule has 0 aliphatic carbocycles. The van der Waals surface area contributed by atoms with Crippen molar-refractivity contribution in [3.8, 4) is 0 Å². The minimum absolute atomic E-state index is 0.000164. The highest BCUT2D eigenvalue weighted by Gasteiger charge is 2.24. The van der Waals surface area contributed by atoms with Crippen LogP contribution in [0.2, 0.25) is 0 Å². The summed E-state index contributed by atoms with van der Waals surface area (Å²) in [5, 5.41) is 0. The topological polar surface area (TPSA) is 69.6 Å². The van der Waals surface area contributed by atoms with Gasteiger partial charge in [0.2, 0.25) is 12.4 Å². The van der Waals surface area contributed by atoms with Gasteiger partial charge in [-0.1, -0.05) is 6.92 Å². The first-order chi connectivity index (χ1) is 11.6. The highest BCUT2D eigenvalue weighted by atomic mass is 16.2. The van der Waals surface area contributed by atoms with Crippen molar-refractivity contribution in [1.29, 1.82) is 0 Å². The summed E-state index contributed by atoms with van der Waals surface area (Å²) in [5.41, 5.74) is 1.27. The second-order valence-corrected chi connectivity index (χ2v) is 6.80. The SMILES string of the molecule is Cc1cc(C(=O)N2CCC(C)CC2)nc(N2CCN(C=O)CC2)n1. The first-order valence-corrected chi connectivity index (χ1v) is 8.66. The van der Waals surface area contributed by atoms with Gasteiger partial charge in [-0.2, -0.15) is 0 Å². The maximum Gasteiger partial charge on any atom is 0.272 e. The van der Waals surface area contributed by atoms with Crippen LogP contribution in [0.1, 0.15) is 35.9 Å². The Balaban J connectivity index is 1.74. The number of aromatic nitrogens is 2. The Morgan fingerprint density at radius 2 is 1.79 bits per heavy atom. The van der Waals surface area contributed by atoms with Gasteiger partial charge in [0.15, 0.2) is 0 Å². The Labute approximate surface area is 142 Å². The lowest BCUT2D eigenvalue weighted by molar-refractivity contribution is -0.118. The van der Waals surface area contributed by atoms with Gasteiger partial charge in [0.25, 0.3) is 5.91 Å². The van der Waals surface area contributed by atoms with Crippen molar-refractivity contribution in [2.45, 2.75) is 26.7 Å². The van der Waals surface area contributed by atoms with Crippen LogP contribution in [-0.2, 0) is 4.79 Å². The maximum atomic E-state index is 12.8. The molecule has 2 aliphatic rings. The number of nitrogens with zero attached hydrogens (tertiary/aromatic N) is 5. The van der Waals surface area contributed by atoms with Gasteiger partial charge in [0.1, 0.15) is 5.69 Å². The fraction of sp³-hybridized carbons (Fsp3) is 0.647. The van der Waals surface area contributed by atoms with Crippen molar-refractivity contribution in [3.63, 3.8) is 0 Å². The largest absolute Gasteiger partial charge is 0.342 e. The Morgan fingerprint density at radius 3 is 2.42 bits per heavy atom. The average molecular weight is 331 g/mol. The van der Waals surface area contributed by atoms with Crippen LogP contribution in [0.15, 0.2) is 6.07 Å². The molecular formula is C17H25N5O2. The molecule has 1 aromatic heterocycles. The van der Waals surface area contributed by atoms with E-state index in [4.69, 9.17) is 0 Å². The van der Waals surface area contributed by atoms with Gasteiger partial charge < -0.3 is 14.7 Å². The molecule has 0 saturated carbocycles. The monoisotopic (exact) mass is 331 g/mol. The zero-order valence-electron chi connectivity index (χ0n) is 14.4. The van der Waals surface area contributed by atoms with Crippen LogP contribution in [0.3, 0.4) is 0 Å².